The smallest absolute Gasteiger partial charge is 0.230 e. The van der Waals surface area contributed by atoms with Crippen molar-refractivity contribution in [3.05, 3.63) is 29.3 Å². The third-order valence-electron chi connectivity index (χ3n) is 4.07. The lowest BCUT2D eigenvalue weighted by Gasteiger charge is -2.22. The Morgan fingerprint density at radius 3 is 2.40 bits per heavy atom. The molecule has 1 aliphatic carbocycles. The average Bonchev–Trinajstić information content (AvgIpc) is 2.43. The third-order valence-corrected chi connectivity index (χ3v) is 4.07. The van der Waals surface area contributed by atoms with Crippen LogP contribution < -0.4 is 5.32 Å². The number of amides is 1. The van der Waals surface area contributed by atoms with Gasteiger partial charge in [-0.15, -0.1) is 0 Å². The van der Waals surface area contributed by atoms with Crippen molar-refractivity contribution in [2.45, 2.75) is 58.3 Å². The van der Waals surface area contributed by atoms with Crippen LogP contribution in [0.15, 0.2) is 18.2 Å². The van der Waals surface area contributed by atoms with Crippen molar-refractivity contribution < 1.29 is 4.79 Å². The minimum absolute atomic E-state index is 0.118. The first-order chi connectivity index (χ1) is 9.12. The first kappa shape index (κ1) is 14.8. The predicted molar refractivity (Wildman–Crippen MR) is 83.8 cm³/mol. The second-order valence-electron chi connectivity index (χ2n) is 7.21. The molecule has 0 aliphatic heterocycles. The van der Waals surface area contributed by atoms with Crippen molar-refractivity contribution in [1.82, 2.24) is 0 Å². The van der Waals surface area contributed by atoms with E-state index in [0.29, 0.717) is 5.71 Å². The molecule has 0 bridgehead atoms. The van der Waals surface area contributed by atoms with Crippen molar-refractivity contribution in [2.24, 2.45) is 0 Å². The monoisotopic (exact) mass is 272 g/mol. The molecule has 1 aromatic carbocycles. The fourth-order valence-corrected chi connectivity index (χ4v) is 3.51. The van der Waals surface area contributed by atoms with Gasteiger partial charge < -0.3 is 10.7 Å². The van der Waals surface area contributed by atoms with Gasteiger partial charge in [0.2, 0.25) is 5.91 Å². The van der Waals surface area contributed by atoms with Crippen molar-refractivity contribution in [3.63, 3.8) is 0 Å². The van der Waals surface area contributed by atoms with Crippen molar-refractivity contribution in [2.75, 3.05) is 5.32 Å². The van der Waals surface area contributed by atoms with E-state index in [2.05, 4.69) is 45.1 Å². The summed E-state index contributed by atoms with van der Waals surface area (Å²) in [7, 11) is 0. The molecule has 20 heavy (non-hydrogen) atoms. The van der Waals surface area contributed by atoms with Gasteiger partial charge in [-0.1, -0.05) is 33.8 Å². The zero-order chi connectivity index (χ0) is 15.1. The quantitative estimate of drug-likeness (QED) is 0.802. The average molecular weight is 272 g/mol. The molecule has 0 saturated carbocycles. The van der Waals surface area contributed by atoms with E-state index in [1.165, 1.54) is 11.1 Å². The molecule has 0 heterocycles. The lowest BCUT2D eigenvalue weighted by atomic mass is 9.82. The molecule has 1 aromatic rings. The topological polar surface area (TPSA) is 53.0 Å². The number of carbonyl (C=O) groups excluding carboxylic acids is 1. The Kier molecular flexibility index (Phi) is 3.49. The molecule has 0 aromatic heterocycles. The van der Waals surface area contributed by atoms with E-state index in [-0.39, 0.29) is 23.2 Å². The zero-order valence-corrected chi connectivity index (χ0v) is 13.1. The molecule has 0 radical (unpaired) electrons. The van der Waals surface area contributed by atoms with Crippen LogP contribution in [0.2, 0.25) is 0 Å². The Morgan fingerprint density at radius 1 is 1.20 bits per heavy atom. The predicted octanol–water partition coefficient (Wildman–Crippen LogP) is 4.01. The number of hydrogen-bond acceptors (Lipinski definition) is 2. The summed E-state index contributed by atoms with van der Waals surface area (Å²) in [5.74, 6) is -0.118. The van der Waals surface area contributed by atoms with Gasteiger partial charge in [0.1, 0.15) is 0 Å². The number of fused-ring (bicyclic) bond motifs is 1. The van der Waals surface area contributed by atoms with Crippen LogP contribution in [0.3, 0.4) is 0 Å². The number of anilines is 1. The summed E-state index contributed by atoms with van der Waals surface area (Å²) >= 11 is 0. The highest BCUT2D eigenvalue weighted by atomic mass is 16.1. The van der Waals surface area contributed by atoms with Crippen LogP contribution in [0.4, 0.5) is 5.69 Å². The summed E-state index contributed by atoms with van der Waals surface area (Å²) in [5, 5.41) is 10.3. The van der Waals surface area contributed by atoms with Crippen LogP contribution in [0.25, 0.3) is 0 Å². The van der Waals surface area contributed by atoms with Crippen LogP contribution in [0, 0.1) is 5.41 Å². The Morgan fingerprint density at radius 2 is 1.80 bits per heavy atom. The number of carbonyl (C=O) groups is 1. The highest BCUT2D eigenvalue weighted by Gasteiger charge is 2.41. The van der Waals surface area contributed by atoms with Crippen LogP contribution in [-0.4, -0.2) is 11.6 Å². The minimum atomic E-state index is -0.118. The van der Waals surface area contributed by atoms with Gasteiger partial charge in [0.05, 0.1) is 6.42 Å². The van der Waals surface area contributed by atoms with Gasteiger partial charge >= 0.3 is 0 Å². The highest BCUT2D eigenvalue weighted by molar-refractivity contribution is 6.04. The van der Waals surface area contributed by atoms with E-state index in [9.17, 15) is 4.79 Å². The Bertz CT molecular complexity index is 570. The second kappa shape index (κ2) is 4.72. The summed E-state index contributed by atoms with van der Waals surface area (Å²) in [6.07, 6.45) is 1.28. The molecule has 3 heteroatoms. The minimum Gasteiger partial charge on any atom is -0.326 e. The van der Waals surface area contributed by atoms with Crippen molar-refractivity contribution in [3.8, 4) is 0 Å². The van der Waals surface area contributed by atoms with Gasteiger partial charge in [0, 0.05) is 11.4 Å². The highest BCUT2D eigenvalue weighted by Crippen LogP contribution is 2.49. The van der Waals surface area contributed by atoms with Gasteiger partial charge in [-0.2, -0.15) is 0 Å². The van der Waals surface area contributed by atoms with Gasteiger partial charge in [-0.25, -0.2) is 0 Å². The van der Waals surface area contributed by atoms with Crippen LogP contribution >= 0.6 is 0 Å². The first-order valence-corrected chi connectivity index (χ1v) is 7.11. The maximum atomic E-state index is 11.8. The Hall–Kier alpha value is -1.64. The van der Waals surface area contributed by atoms with E-state index in [4.69, 9.17) is 5.41 Å². The normalized spacial score (nSPS) is 18.4. The molecule has 2 N–H and O–H groups in total. The van der Waals surface area contributed by atoms with E-state index in [1.54, 1.807) is 6.92 Å². The van der Waals surface area contributed by atoms with Crippen LogP contribution in [-0.2, 0) is 15.6 Å². The molecule has 3 nitrogen and oxygen atoms in total. The number of hydrogen-bond donors (Lipinski definition) is 2. The lowest BCUT2D eigenvalue weighted by molar-refractivity contribution is -0.115. The van der Waals surface area contributed by atoms with E-state index < -0.39 is 0 Å². The summed E-state index contributed by atoms with van der Waals surface area (Å²) in [5.41, 5.74) is 4.24. The Balaban J connectivity index is 2.29. The fourth-order valence-electron chi connectivity index (χ4n) is 3.51. The first-order valence-electron chi connectivity index (χ1n) is 7.11. The maximum absolute atomic E-state index is 11.8. The molecule has 0 atom stereocenters. The maximum Gasteiger partial charge on any atom is 0.230 e. The van der Waals surface area contributed by atoms with Gasteiger partial charge in [0.25, 0.3) is 0 Å². The molecule has 0 spiro atoms. The van der Waals surface area contributed by atoms with E-state index >= 15 is 0 Å². The van der Waals surface area contributed by atoms with Crippen LogP contribution in [0.1, 0.15) is 58.6 Å². The summed E-state index contributed by atoms with van der Waals surface area (Å²) in [6, 6.07) is 6.21. The lowest BCUT2D eigenvalue weighted by Crippen LogP contribution is -2.18. The molecular formula is C17H24N2O. The van der Waals surface area contributed by atoms with Crippen molar-refractivity contribution >= 4 is 17.3 Å². The molecular weight excluding hydrogens is 248 g/mol. The van der Waals surface area contributed by atoms with Crippen LogP contribution in [0.5, 0.6) is 0 Å². The van der Waals surface area contributed by atoms with Gasteiger partial charge in [-0.05, 0) is 47.4 Å². The molecule has 0 saturated heterocycles. The zero-order valence-electron chi connectivity index (χ0n) is 13.1. The van der Waals surface area contributed by atoms with Gasteiger partial charge in [-0.3, -0.25) is 4.79 Å². The second-order valence-corrected chi connectivity index (χ2v) is 7.21. The third kappa shape index (κ3) is 2.77. The Labute approximate surface area is 121 Å². The largest absolute Gasteiger partial charge is 0.326 e. The molecule has 0 fully saturated rings. The van der Waals surface area contributed by atoms with E-state index in [0.717, 1.165) is 12.1 Å². The molecule has 1 amide bonds. The van der Waals surface area contributed by atoms with E-state index in [1.807, 2.05) is 6.07 Å². The van der Waals surface area contributed by atoms with Crippen molar-refractivity contribution in [1.29, 1.82) is 5.41 Å². The molecule has 2 rings (SSSR count). The SMILES string of the molecule is CC(=N)CC(=O)Nc1ccc2c(c1)C(C)(C)CC2(C)C. The molecule has 108 valence electrons. The fraction of sp³-hybridized carbons (Fsp3) is 0.529. The van der Waals surface area contributed by atoms with Gasteiger partial charge in [0.15, 0.2) is 0 Å². The summed E-state index contributed by atoms with van der Waals surface area (Å²) < 4.78 is 0. The number of nitrogens with one attached hydrogen (secondary N) is 2. The number of benzene rings is 1. The summed E-state index contributed by atoms with van der Waals surface area (Å²) in [6.45, 7) is 10.7. The number of rotatable bonds is 3. The molecule has 1 aliphatic rings. The summed E-state index contributed by atoms with van der Waals surface area (Å²) in [4.78, 5) is 11.8. The standard InChI is InChI=1S/C17H24N2O/c1-11(18)8-15(20)19-12-6-7-13-14(9-12)17(4,5)10-16(13,2)3/h6-7,9,18H,8,10H2,1-5H3,(H,19,20). The molecule has 0 unspecified atom stereocenters.